The molecular weight excluding hydrogens is 412 g/mol. The molecule has 1 atom stereocenters. The van der Waals surface area contributed by atoms with Crippen molar-refractivity contribution in [1.29, 1.82) is 0 Å². The molecule has 0 spiro atoms. The van der Waals surface area contributed by atoms with E-state index < -0.39 is 24.2 Å². The van der Waals surface area contributed by atoms with E-state index in [1.54, 1.807) is 27.7 Å². The third-order valence-corrected chi connectivity index (χ3v) is 3.69. The summed E-state index contributed by atoms with van der Waals surface area (Å²) >= 11 is 0. The van der Waals surface area contributed by atoms with E-state index in [4.69, 9.17) is 0 Å². The minimum atomic E-state index is -4.02. The van der Waals surface area contributed by atoms with Gasteiger partial charge in [-0.3, -0.25) is 0 Å². The Morgan fingerprint density at radius 3 is 0.906 bits per heavy atom. The molecule has 0 aromatic carbocycles. The van der Waals surface area contributed by atoms with Crippen LogP contribution in [0.3, 0.4) is 0 Å². The SMILES string of the molecule is C.C.CC(C)(C)CC(F)(F)F.CC(F)CC(C)(C)C.CCC(C)(C)C.CCCC(C)(C)C. The molecule has 204 valence electrons. The van der Waals surface area contributed by atoms with E-state index in [0.717, 1.165) is 0 Å². The first-order valence-electron chi connectivity index (χ1n) is 11.5. The second-order valence-corrected chi connectivity index (χ2v) is 13.1. The summed E-state index contributed by atoms with van der Waals surface area (Å²) in [6.45, 7) is 30.4. The normalized spacial score (nSPS) is 12.8. The zero-order chi connectivity index (χ0) is 25.6. The summed E-state index contributed by atoms with van der Waals surface area (Å²) < 4.78 is 46.9. The highest BCUT2D eigenvalue weighted by Crippen LogP contribution is 2.31. The van der Waals surface area contributed by atoms with Crippen LogP contribution in [0.25, 0.3) is 0 Å². The smallest absolute Gasteiger partial charge is 0.248 e. The van der Waals surface area contributed by atoms with Crippen molar-refractivity contribution in [3.63, 3.8) is 0 Å². The van der Waals surface area contributed by atoms with Crippen molar-refractivity contribution in [2.45, 2.75) is 163 Å². The standard InChI is InChI=1S/C7H15F.C7H16.C6H11F3.C6H14.2CH4/c1-6(8)5-7(2,3)4;1-5-6-7(2,3)4;1-5(2,3)4-6(7,8)9;1-5-6(2,3)4;;/h6H,5H2,1-4H3;5-6H2,1-4H3;4H2,1-3H3;5H2,1-4H3;2*1H4. The average molecular weight is 477 g/mol. The predicted molar refractivity (Wildman–Crippen MR) is 142 cm³/mol. The topological polar surface area (TPSA) is 0 Å². The Morgan fingerprint density at radius 2 is 0.906 bits per heavy atom. The third-order valence-electron chi connectivity index (χ3n) is 3.69. The third kappa shape index (κ3) is 78.1. The van der Waals surface area contributed by atoms with Gasteiger partial charge in [0.15, 0.2) is 0 Å². The van der Waals surface area contributed by atoms with Gasteiger partial charge < -0.3 is 0 Å². The summed E-state index contributed by atoms with van der Waals surface area (Å²) in [7, 11) is 0. The van der Waals surface area contributed by atoms with Gasteiger partial charge in [0.05, 0.1) is 6.17 Å². The van der Waals surface area contributed by atoms with Crippen LogP contribution in [0.15, 0.2) is 0 Å². The van der Waals surface area contributed by atoms with Gasteiger partial charge in [0.1, 0.15) is 0 Å². The summed E-state index contributed by atoms with van der Waals surface area (Å²) in [6, 6.07) is 0. The molecule has 0 aliphatic carbocycles. The molecule has 0 aromatic rings. The van der Waals surface area contributed by atoms with Gasteiger partial charge in [-0.25, -0.2) is 4.39 Å². The van der Waals surface area contributed by atoms with Crippen molar-refractivity contribution in [1.82, 2.24) is 0 Å². The van der Waals surface area contributed by atoms with Gasteiger partial charge in [0.25, 0.3) is 0 Å². The molecule has 4 heteroatoms. The first kappa shape index (κ1) is 45.3. The Bertz CT molecular complexity index is 355. The second-order valence-electron chi connectivity index (χ2n) is 13.1. The molecule has 0 amide bonds. The van der Waals surface area contributed by atoms with Crippen LogP contribution in [0.4, 0.5) is 17.6 Å². The van der Waals surface area contributed by atoms with E-state index in [2.05, 4.69) is 55.4 Å². The maximum Gasteiger partial charge on any atom is 0.389 e. The number of halogens is 4. The van der Waals surface area contributed by atoms with E-state index in [-0.39, 0.29) is 20.3 Å². The molecule has 0 fully saturated rings. The first-order chi connectivity index (χ1) is 12.7. The summed E-state index contributed by atoms with van der Waals surface area (Å²) in [6.07, 6.45) is -0.802. The number of hydrogen-bond acceptors (Lipinski definition) is 0. The number of alkyl halides is 4. The van der Waals surface area contributed by atoms with Crippen molar-refractivity contribution in [3.05, 3.63) is 0 Å². The van der Waals surface area contributed by atoms with E-state index in [9.17, 15) is 17.6 Å². The van der Waals surface area contributed by atoms with Crippen molar-refractivity contribution >= 4 is 0 Å². The summed E-state index contributed by atoms with van der Waals surface area (Å²) in [5, 5.41) is 0. The van der Waals surface area contributed by atoms with Crippen molar-refractivity contribution in [2.75, 3.05) is 0 Å². The van der Waals surface area contributed by atoms with Crippen LogP contribution in [-0.4, -0.2) is 12.3 Å². The lowest BCUT2D eigenvalue weighted by atomic mass is 9.90. The molecule has 0 nitrogen and oxygen atoms in total. The summed E-state index contributed by atoms with van der Waals surface area (Å²) in [4.78, 5) is 0. The van der Waals surface area contributed by atoms with Crippen LogP contribution in [0.5, 0.6) is 0 Å². The van der Waals surface area contributed by atoms with Gasteiger partial charge in [-0.2, -0.15) is 13.2 Å². The van der Waals surface area contributed by atoms with Crippen molar-refractivity contribution in [2.24, 2.45) is 21.7 Å². The second kappa shape index (κ2) is 19.1. The molecule has 32 heavy (non-hydrogen) atoms. The summed E-state index contributed by atoms with van der Waals surface area (Å²) in [5.41, 5.74) is 0.598. The Labute approximate surface area is 202 Å². The maximum atomic E-state index is 12.2. The van der Waals surface area contributed by atoms with Crippen molar-refractivity contribution < 1.29 is 17.6 Å². The lowest BCUT2D eigenvalue weighted by Crippen LogP contribution is -2.18. The molecular formula is C28H64F4. The monoisotopic (exact) mass is 476 g/mol. The first-order valence-corrected chi connectivity index (χ1v) is 11.5. The minimum Gasteiger partial charge on any atom is -0.248 e. The molecule has 0 saturated heterocycles. The van der Waals surface area contributed by atoms with E-state index >= 15 is 0 Å². The summed E-state index contributed by atoms with van der Waals surface area (Å²) in [5.74, 6) is 0. The molecule has 0 saturated carbocycles. The molecule has 0 aliphatic heterocycles. The molecule has 0 rings (SSSR count). The number of hydrogen-bond donors (Lipinski definition) is 0. The van der Waals surface area contributed by atoms with Gasteiger partial charge >= 0.3 is 6.18 Å². The largest absolute Gasteiger partial charge is 0.389 e. The van der Waals surface area contributed by atoms with Crippen molar-refractivity contribution in [3.8, 4) is 0 Å². The predicted octanol–water partition coefficient (Wildman–Crippen LogP) is 12.3. The molecule has 0 heterocycles. The molecule has 0 bridgehead atoms. The quantitative estimate of drug-likeness (QED) is 0.347. The van der Waals surface area contributed by atoms with Crippen LogP contribution in [0, 0.1) is 21.7 Å². The minimum absolute atomic E-state index is 0. The zero-order valence-corrected chi connectivity index (χ0v) is 23.1. The van der Waals surface area contributed by atoms with Gasteiger partial charge in [-0.15, -0.1) is 0 Å². The molecule has 0 aliphatic rings. The Morgan fingerprint density at radius 1 is 0.594 bits per heavy atom. The fourth-order valence-electron chi connectivity index (χ4n) is 2.20. The highest BCUT2D eigenvalue weighted by atomic mass is 19.4. The molecule has 0 radical (unpaired) electrons. The van der Waals surface area contributed by atoms with Gasteiger partial charge in [-0.1, -0.05) is 125 Å². The highest BCUT2D eigenvalue weighted by molar-refractivity contribution is 4.66. The van der Waals surface area contributed by atoms with Crippen LogP contribution in [0.1, 0.15) is 151 Å². The Hall–Kier alpha value is -0.280. The van der Waals surface area contributed by atoms with Crippen LogP contribution in [0.2, 0.25) is 0 Å². The highest BCUT2D eigenvalue weighted by Gasteiger charge is 2.33. The lowest BCUT2D eigenvalue weighted by molar-refractivity contribution is -0.152. The molecule has 0 N–H and O–H groups in total. The Kier molecular flexibility index (Phi) is 27.0. The maximum absolute atomic E-state index is 12.2. The molecule has 1 unspecified atom stereocenters. The molecule has 0 aromatic heterocycles. The Balaban J connectivity index is -0.0000000697. The van der Waals surface area contributed by atoms with Crippen LogP contribution >= 0.6 is 0 Å². The van der Waals surface area contributed by atoms with Gasteiger partial charge in [0.2, 0.25) is 0 Å². The van der Waals surface area contributed by atoms with E-state index in [1.165, 1.54) is 19.3 Å². The fourth-order valence-corrected chi connectivity index (χ4v) is 2.20. The fraction of sp³-hybridized carbons (Fsp3) is 1.00. The van der Waals surface area contributed by atoms with Gasteiger partial charge in [0, 0.05) is 6.42 Å². The van der Waals surface area contributed by atoms with Crippen LogP contribution in [-0.2, 0) is 0 Å². The average Bonchev–Trinajstić information content (AvgIpc) is 2.30. The van der Waals surface area contributed by atoms with Crippen LogP contribution < -0.4 is 0 Å². The lowest BCUT2D eigenvalue weighted by Gasteiger charge is -2.19. The van der Waals surface area contributed by atoms with Gasteiger partial charge in [-0.05, 0) is 41.4 Å². The number of rotatable bonds is 2. The zero-order valence-electron chi connectivity index (χ0n) is 23.1. The van der Waals surface area contributed by atoms with E-state index in [0.29, 0.717) is 17.3 Å². The van der Waals surface area contributed by atoms with E-state index in [1.807, 2.05) is 20.8 Å².